The molecule has 0 aromatic heterocycles. The third-order valence-corrected chi connectivity index (χ3v) is 3.70. The number of urea groups is 1. The number of rotatable bonds is 4. The maximum absolute atomic E-state index is 13.1. The van der Waals surface area contributed by atoms with Crippen LogP contribution in [0, 0.1) is 5.82 Å². The summed E-state index contributed by atoms with van der Waals surface area (Å²) in [4.78, 5) is 14.7. The van der Waals surface area contributed by atoms with E-state index in [0.717, 1.165) is 16.1 Å². The summed E-state index contributed by atoms with van der Waals surface area (Å²) in [6.07, 6.45) is 1.98. The average Bonchev–Trinajstić information content (AvgIpc) is 2.47. The lowest BCUT2D eigenvalue weighted by atomic mass is 10.2. The van der Waals surface area contributed by atoms with Crippen LogP contribution in [0.1, 0.15) is 5.56 Å². The number of carbonyl (C=O) groups is 1. The van der Waals surface area contributed by atoms with Gasteiger partial charge in [0, 0.05) is 24.2 Å². The molecule has 2 aromatic rings. The normalized spacial score (nSPS) is 10.2. The van der Waals surface area contributed by atoms with E-state index in [1.165, 1.54) is 17.0 Å². The lowest BCUT2D eigenvalue weighted by Crippen LogP contribution is -2.30. The molecule has 0 spiro atoms. The Kier molecular flexibility index (Phi) is 5.22. The molecule has 0 aliphatic carbocycles. The summed E-state index contributed by atoms with van der Waals surface area (Å²) in [6, 6.07) is 13.7. The molecule has 2 rings (SSSR count). The summed E-state index contributed by atoms with van der Waals surface area (Å²) in [5.41, 5.74) is 1.50. The molecular formula is C16H17FN2OS. The Balaban J connectivity index is 1.99. The lowest BCUT2D eigenvalue weighted by Gasteiger charge is -2.18. The highest BCUT2D eigenvalue weighted by atomic mass is 32.2. The van der Waals surface area contributed by atoms with Crippen LogP contribution in [0.4, 0.5) is 14.9 Å². The third-order valence-electron chi connectivity index (χ3n) is 2.98. The maximum Gasteiger partial charge on any atom is 0.321 e. The van der Waals surface area contributed by atoms with Crippen LogP contribution in [0.5, 0.6) is 0 Å². The number of nitrogens with one attached hydrogen (secondary N) is 1. The minimum absolute atomic E-state index is 0.225. The molecular weight excluding hydrogens is 287 g/mol. The summed E-state index contributed by atoms with van der Waals surface area (Å²) in [6.45, 7) is 0.353. The molecule has 0 bridgehead atoms. The van der Waals surface area contributed by atoms with Gasteiger partial charge in [-0.3, -0.25) is 0 Å². The second-order valence-electron chi connectivity index (χ2n) is 4.65. The molecule has 2 amide bonds. The first kappa shape index (κ1) is 15.4. The van der Waals surface area contributed by atoms with Gasteiger partial charge in [0.05, 0.1) is 0 Å². The second-order valence-corrected chi connectivity index (χ2v) is 5.53. The minimum atomic E-state index is -0.297. The fourth-order valence-corrected chi connectivity index (χ4v) is 2.36. The van der Waals surface area contributed by atoms with E-state index < -0.39 is 0 Å². The fraction of sp³-hybridized carbons (Fsp3) is 0.188. The van der Waals surface area contributed by atoms with Gasteiger partial charge >= 0.3 is 6.03 Å². The molecule has 0 saturated heterocycles. The van der Waals surface area contributed by atoms with Gasteiger partial charge < -0.3 is 10.2 Å². The van der Waals surface area contributed by atoms with Crippen molar-refractivity contribution >= 4 is 23.5 Å². The first-order valence-electron chi connectivity index (χ1n) is 6.49. The summed E-state index contributed by atoms with van der Waals surface area (Å²) in [5.74, 6) is -0.297. The van der Waals surface area contributed by atoms with Crippen molar-refractivity contribution in [1.82, 2.24) is 4.90 Å². The Labute approximate surface area is 128 Å². The van der Waals surface area contributed by atoms with Crippen molar-refractivity contribution in [1.29, 1.82) is 0 Å². The van der Waals surface area contributed by atoms with Gasteiger partial charge in [0.25, 0.3) is 0 Å². The van der Waals surface area contributed by atoms with Crippen LogP contribution >= 0.6 is 11.8 Å². The standard InChI is InChI=1S/C16H17FN2OS/c1-19(11-12-5-3-6-13(17)9-12)16(20)18-14-7-4-8-15(10-14)21-2/h3-10H,11H2,1-2H3,(H,18,20). The molecule has 110 valence electrons. The molecule has 0 heterocycles. The predicted octanol–water partition coefficient (Wildman–Crippen LogP) is 4.21. The van der Waals surface area contributed by atoms with Crippen molar-refractivity contribution in [3.05, 3.63) is 59.9 Å². The van der Waals surface area contributed by atoms with E-state index in [2.05, 4.69) is 5.32 Å². The van der Waals surface area contributed by atoms with Crippen LogP contribution in [0.3, 0.4) is 0 Å². The zero-order valence-electron chi connectivity index (χ0n) is 12.0. The van der Waals surface area contributed by atoms with E-state index in [1.807, 2.05) is 30.5 Å². The van der Waals surface area contributed by atoms with Crippen LogP contribution in [0.15, 0.2) is 53.4 Å². The second kappa shape index (κ2) is 7.13. The molecule has 0 radical (unpaired) electrons. The zero-order chi connectivity index (χ0) is 15.2. The van der Waals surface area contributed by atoms with E-state index in [1.54, 1.807) is 30.9 Å². The zero-order valence-corrected chi connectivity index (χ0v) is 12.8. The SMILES string of the molecule is CSc1cccc(NC(=O)N(C)Cc2cccc(F)c2)c1. The predicted molar refractivity (Wildman–Crippen MR) is 85.1 cm³/mol. The monoisotopic (exact) mass is 304 g/mol. The first-order valence-corrected chi connectivity index (χ1v) is 7.71. The molecule has 0 atom stereocenters. The number of nitrogens with zero attached hydrogens (tertiary/aromatic N) is 1. The number of anilines is 1. The van der Waals surface area contributed by atoms with E-state index in [4.69, 9.17) is 0 Å². The molecule has 0 aliphatic heterocycles. The van der Waals surface area contributed by atoms with Crippen molar-refractivity contribution in [3.63, 3.8) is 0 Å². The Morgan fingerprint density at radius 2 is 2.00 bits per heavy atom. The number of amides is 2. The Bertz CT molecular complexity index is 633. The van der Waals surface area contributed by atoms with E-state index in [-0.39, 0.29) is 11.8 Å². The number of hydrogen-bond donors (Lipinski definition) is 1. The fourth-order valence-electron chi connectivity index (χ4n) is 1.90. The van der Waals surface area contributed by atoms with Crippen molar-refractivity contribution in [2.24, 2.45) is 0 Å². The largest absolute Gasteiger partial charge is 0.323 e. The highest BCUT2D eigenvalue weighted by Crippen LogP contribution is 2.19. The summed E-state index contributed by atoms with van der Waals surface area (Å²) < 4.78 is 13.1. The van der Waals surface area contributed by atoms with E-state index in [0.29, 0.717) is 6.54 Å². The molecule has 21 heavy (non-hydrogen) atoms. The lowest BCUT2D eigenvalue weighted by molar-refractivity contribution is 0.220. The smallest absolute Gasteiger partial charge is 0.321 e. The number of halogens is 1. The number of carbonyl (C=O) groups excluding carboxylic acids is 1. The summed E-state index contributed by atoms with van der Waals surface area (Å²) in [7, 11) is 1.68. The number of hydrogen-bond acceptors (Lipinski definition) is 2. The van der Waals surface area contributed by atoms with Gasteiger partial charge in [-0.25, -0.2) is 9.18 Å². The van der Waals surface area contributed by atoms with E-state index >= 15 is 0 Å². The highest BCUT2D eigenvalue weighted by Gasteiger charge is 2.10. The van der Waals surface area contributed by atoms with Gasteiger partial charge in [0.1, 0.15) is 5.82 Å². The molecule has 0 aliphatic rings. The molecule has 0 unspecified atom stereocenters. The van der Waals surface area contributed by atoms with Crippen molar-refractivity contribution < 1.29 is 9.18 Å². The van der Waals surface area contributed by atoms with Crippen molar-refractivity contribution in [2.75, 3.05) is 18.6 Å². The topological polar surface area (TPSA) is 32.3 Å². The highest BCUT2D eigenvalue weighted by molar-refractivity contribution is 7.98. The van der Waals surface area contributed by atoms with Gasteiger partial charge in [0.15, 0.2) is 0 Å². The molecule has 3 nitrogen and oxygen atoms in total. The van der Waals surface area contributed by atoms with Crippen LogP contribution in [0.2, 0.25) is 0 Å². The number of thioether (sulfide) groups is 1. The minimum Gasteiger partial charge on any atom is -0.323 e. The third kappa shape index (κ3) is 4.49. The van der Waals surface area contributed by atoms with Crippen LogP contribution in [0.25, 0.3) is 0 Å². The molecule has 5 heteroatoms. The molecule has 0 fully saturated rings. The van der Waals surface area contributed by atoms with Gasteiger partial charge in [-0.05, 0) is 42.2 Å². The van der Waals surface area contributed by atoms with Gasteiger partial charge in [-0.15, -0.1) is 11.8 Å². The van der Waals surface area contributed by atoms with Crippen LogP contribution in [-0.2, 0) is 6.54 Å². The van der Waals surface area contributed by atoms with Gasteiger partial charge in [-0.1, -0.05) is 18.2 Å². The Morgan fingerprint density at radius 3 is 2.71 bits per heavy atom. The summed E-state index contributed by atoms with van der Waals surface area (Å²) >= 11 is 1.62. The Morgan fingerprint density at radius 1 is 1.24 bits per heavy atom. The molecule has 0 saturated carbocycles. The first-order chi connectivity index (χ1) is 10.1. The van der Waals surface area contributed by atoms with Gasteiger partial charge in [0.2, 0.25) is 0 Å². The maximum atomic E-state index is 13.1. The van der Waals surface area contributed by atoms with Crippen molar-refractivity contribution in [2.45, 2.75) is 11.4 Å². The Hall–Kier alpha value is -2.01. The average molecular weight is 304 g/mol. The van der Waals surface area contributed by atoms with E-state index in [9.17, 15) is 9.18 Å². The quantitative estimate of drug-likeness (QED) is 0.858. The van der Waals surface area contributed by atoms with Crippen LogP contribution in [-0.4, -0.2) is 24.2 Å². The number of benzene rings is 2. The van der Waals surface area contributed by atoms with Crippen LogP contribution < -0.4 is 5.32 Å². The van der Waals surface area contributed by atoms with Crippen molar-refractivity contribution in [3.8, 4) is 0 Å². The van der Waals surface area contributed by atoms with Gasteiger partial charge in [-0.2, -0.15) is 0 Å². The molecule has 1 N–H and O–H groups in total. The summed E-state index contributed by atoms with van der Waals surface area (Å²) in [5, 5.41) is 2.83. The molecule has 2 aromatic carbocycles.